The lowest BCUT2D eigenvalue weighted by molar-refractivity contribution is 0.178. The molecule has 2 aliphatic rings. The standard InChI is InChI=1S/C13H22N4O/c1-13(8-18-7-10(13)14)12-15-11(16-17-12)9-5-3-2-4-6-9/h9-10H,2-8,14H2,1H3,(H,15,16,17). The third kappa shape index (κ3) is 1.95. The Kier molecular flexibility index (Phi) is 3.11. The fourth-order valence-corrected chi connectivity index (χ4v) is 3.01. The molecule has 3 rings (SSSR count). The van der Waals surface area contributed by atoms with Crippen molar-refractivity contribution in [2.75, 3.05) is 13.2 Å². The third-order valence-electron chi connectivity index (χ3n) is 4.52. The summed E-state index contributed by atoms with van der Waals surface area (Å²) in [6.07, 6.45) is 6.43. The van der Waals surface area contributed by atoms with Gasteiger partial charge in [-0.2, -0.15) is 5.10 Å². The quantitative estimate of drug-likeness (QED) is 0.833. The van der Waals surface area contributed by atoms with E-state index in [1.165, 1.54) is 32.1 Å². The highest BCUT2D eigenvalue weighted by molar-refractivity contribution is 5.15. The first kappa shape index (κ1) is 12.1. The smallest absolute Gasteiger partial charge is 0.160 e. The van der Waals surface area contributed by atoms with Gasteiger partial charge < -0.3 is 10.5 Å². The number of hydrogen-bond acceptors (Lipinski definition) is 4. The molecule has 0 radical (unpaired) electrons. The monoisotopic (exact) mass is 250 g/mol. The van der Waals surface area contributed by atoms with Crippen LogP contribution in [0.5, 0.6) is 0 Å². The predicted molar refractivity (Wildman–Crippen MR) is 68.4 cm³/mol. The fraction of sp³-hybridized carbons (Fsp3) is 0.846. The van der Waals surface area contributed by atoms with Gasteiger partial charge in [-0.1, -0.05) is 19.3 Å². The van der Waals surface area contributed by atoms with E-state index in [0.29, 0.717) is 19.1 Å². The van der Waals surface area contributed by atoms with Gasteiger partial charge in [0.15, 0.2) is 5.82 Å². The molecule has 1 aliphatic heterocycles. The summed E-state index contributed by atoms with van der Waals surface area (Å²) < 4.78 is 5.46. The molecule has 1 aromatic rings. The molecule has 100 valence electrons. The maximum atomic E-state index is 6.11. The molecule has 1 saturated carbocycles. The minimum Gasteiger partial charge on any atom is -0.379 e. The molecule has 5 heteroatoms. The van der Waals surface area contributed by atoms with Crippen molar-refractivity contribution in [3.05, 3.63) is 11.6 Å². The molecule has 5 nitrogen and oxygen atoms in total. The van der Waals surface area contributed by atoms with E-state index in [2.05, 4.69) is 17.1 Å². The molecule has 0 spiro atoms. The number of H-pyrrole nitrogens is 1. The summed E-state index contributed by atoms with van der Waals surface area (Å²) in [7, 11) is 0. The summed E-state index contributed by atoms with van der Waals surface area (Å²) in [6.45, 7) is 3.32. The van der Waals surface area contributed by atoms with Gasteiger partial charge in [0, 0.05) is 12.0 Å². The molecular formula is C13H22N4O. The topological polar surface area (TPSA) is 76.8 Å². The summed E-state index contributed by atoms with van der Waals surface area (Å²) in [4.78, 5) is 4.71. The summed E-state index contributed by atoms with van der Waals surface area (Å²) in [5.74, 6) is 2.43. The van der Waals surface area contributed by atoms with Crippen LogP contribution in [0.15, 0.2) is 0 Å². The Morgan fingerprint density at radius 2 is 2.11 bits per heavy atom. The van der Waals surface area contributed by atoms with Crippen molar-refractivity contribution in [2.24, 2.45) is 5.73 Å². The van der Waals surface area contributed by atoms with E-state index in [4.69, 9.17) is 15.5 Å². The Hall–Kier alpha value is -0.940. The Balaban J connectivity index is 1.80. The Bertz CT molecular complexity index is 413. The van der Waals surface area contributed by atoms with Crippen LogP contribution in [0.4, 0.5) is 0 Å². The SMILES string of the molecule is CC1(c2n[nH]c(C3CCCCC3)n2)COCC1N. The van der Waals surface area contributed by atoms with Gasteiger partial charge in [0.25, 0.3) is 0 Å². The van der Waals surface area contributed by atoms with Crippen molar-refractivity contribution in [3.8, 4) is 0 Å². The zero-order chi connectivity index (χ0) is 12.6. The van der Waals surface area contributed by atoms with Crippen LogP contribution in [0.2, 0.25) is 0 Å². The average Bonchev–Trinajstić information content (AvgIpc) is 3.00. The van der Waals surface area contributed by atoms with Crippen LogP contribution in [0.1, 0.15) is 56.6 Å². The minimum atomic E-state index is -0.233. The van der Waals surface area contributed by atoms with Crippen LogP contribution in [-0.2, 0) is 10.2 Å². The highest BCUT2D eigenvalue weighted by atomic mass is 16.5. The maximum Gasteiger partial charge on any atom is 0.160 e. The zero-order valence-corrected chi connectivity index (χ0v) is 11.0. The van der Waals surface area contributed by atoms with Crippen molar-refractivity contribution in [1.29, 1.82) is 0 Å². The predicted octanol–water partition coefficient (Wildman–Crippen LogP) is 1.47. The minimum absolute atomic E-state index is 0.00694. The molecule has 18 heavy (non-hydrogen) atoms. The van der Waals surface area contributed by atoms with E-state index in [-0.39, 0.29) is 11.5 Å². The summed E-state index contributed by atoms with van der Waals surface area (Å²) in [5, 5.41) is 7.53. The molecule has 2 atom stereocenters. The molecule has 3 N–H and O–H groups in total. The summed E-state index contributed by atoms with van der Waals surface area (Å²) in [5.41, 5.74) is 5.88. The molecule has 1 saturated heterocycles. The molecule has 2 heterocycles. The summed E-state index contributed by atoms with van der Waals surface area (Å²) in [6, 6.07) is -0.00694. The van der Waals surface area contributed by atoms with Gasteiger partial charge in [0.2, 0.25) is 0 Å². The maximum absolute atomic E-state index is 6.11. The van der Waals surface area contributed by atoms with Crippen molar-refractivity contribution in [3.63, 3.8) is 0 Å². The second-order valence-electron chi connectivity index (χ2n) is 5.92. The lowest BCUT2D eigenvalue weighted by atomic mass is 9.85. The molecule has 1 aromatic heterocycles. The number of rotatable bonds is 2. The van der Waals surface area contributed by atoms with E-state index in [1.807, 2.05) is 0 Å². The van der Waals surface area contributed by atoms with Gasteiger partial charge in [-0.3, -0.25) is 5.10 Å². The highest BCUT2D eigenvalue weighted by Crippen LogP contribution is 2.33. The Labute approximate surface area is 108 Å². The molecule has 0 aromatic carbocycles. The number of nitrogens with one attached hydrogen (secondary N) is 1. The van der Waals surface area contributed by atoms with Crippen molar-refractivity contribution < 1.29 is 4.74 Å². The van der Waals surface area contributed by atoms with Crippen LogP contribution < -0.4 is 5.73 Å². The van der Waals surface area contributed by atoms with E-state index < -0.39 is 0 Å². The van der Waals surface area contributed by atoms with Gasteiger partial charge in [-0.15, -0.1) is 0 Å². The van der Waals surface area contributed by atoms with Crippen molar-refractivity contribution in [1.82, 2.24) is 15.2 Å². The van der Waals surface area contributed by atoms with Crippen LogP contribution in [0.25, 0.3) is 0 Å². The lowest BCUT2D eigenvalue weighted by Gasteiger charge is -2.23. The Morgan fingerprint density at radius 1 is 1.33 bits per heavy atom. The van der Waals surface area contributed by atoms with Gasteiger partial charge >= 0.3 is 0 Å². The highest BCUT2D eigenvalue weighted by Gasteiger charge is 2.42. The van der Waals surface area contributed by atoms with Crippen LogP contribution in [0, 0.1) is 0 Å². The van der Waals surface area contributed by atoms with Crippen LogP contribution in [-0.4, -0.2) is 34.4 Å². The first-order valence-corrected chi connectivity index (χ1v) is 6.96. The van der Waals surface area contributed by atoms with Gasteiger partial charge in [0.05, 0.1) is 18.6 Å². The molecule has 1 aliphatic carbocycles. The zero-order valence-electron chi connectivity index (χ0n) is 11.0. The second-order valence-corrected chi connectivity index (χ2v) is 5.92. The normalized spacial score (nSPS) is 34.0. The third-order valence-corrected chi connectivity index (χ3v) is 4.52. The second kappa shape index (κ2) is 4.63. The first-order chi connectivity index (χ1) is 8.70. The number of aromatic nitrogens is 3. The number of nitrogens with zero attached hydrogens (tertiary/aromatic N) is 2. The average molecular weight is 250 g/mol. The number of nitrogens with two attached hydrogens (primary N) is 1. The van der Waals surface area contributed by atoms with Gasteiger partial charge in [0.1, 0.15) is 5.82 Å². The van der Waals surface area contributed by atoms with Crippen molar-refractivity contribution in [2.45, 2.75) is 56.4 Å². The number of aromatic amines is 1. The first-order valence-electron chi connectivity index (χ1n) is 6.96. The van der Waals surface area contributed by atoms with Crippen molar-refractivity contribution >= 4 is 0 Å². The van der Waals surface area contributed by atoms with Gasteiger partial charge in [-0.05, 0) is 19.8 Å². The number of hydrogen-bond donors (Lipinski definition) is 2. The Morgan fingerprint density at radius 3 is 2.78 bits per heavy atom. The summed E-state index contributed by atoms with van der Waals surface area (Å²) >= 11 is 0. The molecule has 2 unspecified atom stereocenters. The van der Waals surface area contributed by atoms with Crippen LogP contribution in [0.3, 0.4) is 0 Å². The van der Waals surface area contributed by atoms with Crippen LogP contribution >= 0.6 is 0 Å². The van der Waals surface area contributed by atoms with E-state index in [0.717, 1.165) is 11.6 Å². The number of ether oxygens (including phenoxy) is 1. The van der Waals surface area contributed by atoms with E-state index >= 15 is 0 Å². The van der Waals surface area contributed by atoms with E-state index in [1.54, 1.807) is 0 Å². The van der Waals surface area contributed by atoms with E-state index in [9.17, 15) is 0 Å². The molecule has 0 amide bonds. The fourth-order valence-electron chi connectivity index (χ4n) is 3.01. The molecule has 0 bridgehead atoms. The lowest BCUT2D eigenvalue weighted by Crippen LogP contribution is -2.42. The van der Waals surface area contributed by atoms with Gasteiger partial charge in [-0.25, -0.2) is 4.98 Å². The largest absolute Gasteiger partial charge is 0.379 e. The molecular weight excluding hydrogens is 228 g/mol. The molecule has 2 fully saturated rings.